The maximum Gasteiger partial charge on any atom is 0.127 e. The van der Waals surface area contributed by atoms with Gasteiger partial charge in [0, 0.05) is 31.4 Å². The molecule has 1 aromatic carbocycles. The molecule has 0 saturated heterocycles. The van der Waals surface area contributed by atoms with E-state index in [1.54, 1.807) is 13.2 Å². The molecule has 2 nitrogen and oxygen atoms in total. The quantitative estimate of drug-likeness (QED) is 0.788. The lowest BCUT2D eigenvalue weighted by atomic mass is 10.0. The fourth-order valence-corrected chi connectivity index (χ4v) is 1.91. The van der Waals surface area contributed by atoms with Crippen LogP contribution in [0, 0.1) is 5.82 Å². The molecule has 0 fully saturated rings. The molecule has 96 valence electrons. The largest absolute Gasteiger partial charge is 0.385 e. The Kier molecular flexibility index (Phi) is 6.16. The molecule has 0 saturated carbocycles. The highest BCUT2D eigenvalue weighted by Crippen LogP contribution is 2.20. The summed E-state index contributed by atoms with van der Waals surface area (Å²) in [5.41, 5.74) is 0.749. The first-order chi connectivity index (χ1) is 8.19. The lowest BCUT2D eigenvalue weighted by molar-refractivity contribution is 0.182. The van der Waals surface area contributed by atoms with E-state index < -0.39 is 0 Å². The van der Waals surface area contributed by atoms with Gasteiger partial charge in [-0.1, -0.05) is 25.1 Å². The predicted molar refractivity (Wildman–Crippen MR) is 68.5 cm³/mol. The number of hydrogen-bond donors (Lipinski definition) is 1. The average molecular weight is 239 g/mol. The molecule has 0 aromatic heterocycles. The van der Waals surface area contributed by atoms with E-state index in [0.717, 1.165) is 25.0 Å². The van der Waals surface area contributed by atoms with Gasteiger partial charge in [0.05, 0.1) is 0 Å². The van der Waals surface area contributed by atoms with Gasteiger partial charge in [0.1, 0.15) is 5.82 Å². The van der Waals surface area contributed by atoms with Crippen molar-refractivity contribution in [3.05, 3.63) is 35.6 Å². The summed E-state index contributed by atoms with van der Waals surface area (Å²) in [6.45, 7) is 4.89. The first-order valence-corrected chi connectivity index (χ1v) is 6.18. The first kappa shape index (κ1) is 14.1. The zero-order chi connectivity index (χ0) is 12.7. The Balaban J connectivity index is 2.62. The standard InChI is InChI=1S/C14H22FNO/c1-4-14(16-11(2)9-10-17-3)12-7-5-6-8-13(12)15/h5-8,11,14,16H,4,9-10H2,1-3H3. The van der Waals surface area contributed by atoms with Crippen LogP contribution in [-0.4, -0.2) is 19.8 Å². The minimum atomic E-state index is -0.134. The van der Waals surface area contributed by atoms with Crippen molar-refractivity contribution in [1.29, 1.82) is 0 Å². The van der Waals surface area contributed by atoms with E-state index in [9.17, 15) is 4.39 Å². The molecule has 0 heterocycles. The summed E-state index contributed by atoms with van der Waals surface area (Å²) in [6, 6.07) is 7.35. The van der Waals surface area contributed by atoms with Crippen LogP contribution >= 0.6 is 0 Å². The Morgan fingerprint density at radius 1 is 1.35 bits per heavy atom. The van der Waals surface area contributed by atoms with Crippen molar-refractivity contribution in [1.82, 2.24) is 5.32 Å². The van der Waals surface area contributed by atoms with E-state index in [4.69, 9.17) is 4.74 Å². The molecule has 0 amide bonds. The van der Waals surface area contributed by atoms with Crippen molar-refractivity contribution < 1.29 is 9.13 Å². The first-order valence-electron chi connectivity index (χ1n) is 6.18. The molecule has 2 atom stereocenters. The maximum absolute atomic E-state index is 13.7. The summed E-state index contributed by atoms with van der Waals surface area (Å²) < 4.78 is 18.7. The third-order valence-electron chi connectivity index (χ3n) is 2.93. The summed E-state index contributed by atoms with van der Waals surface area (Å²) in [4.78, 5) is 0. The molecule has 0 aliphatic heterocycles. The van der Waals surface area contributed by atoms with Gasteiger partial charge >= 0.3 is 0 Å². The molecule has 1 aromatic rings. The van der Waals surface area contributed by atoms with Crippen LogP contribution < -0.4 is 5.32 Å². The van der Waals surface area contributed by atoms with Gasteiger partial charge < -0.3 is 10.1 Å². The van der Waals surface area contributed by atoms with Crippen molar-refractivity contribution in [3.63, 3.8) is 0 Å². The Hall–Kier alpha value is -0.930. The van der Waals surface area contributed by atoms with Crippen LogP contribution in [0.4, 0.5) is 4.39 Å². The monoisotopic (exact) mass is 239 g/mol. The number of benzene rings is 1. The molecule has 0 bridgehead atoms. The molecular weight excluding hydrogens is 217 g/mol. The molecule has 1 N–H and O–H groups in total. The molecule has 0 aliphatic rings. The van der Waals surface area contributed by atoms with Gasteiger partial charge in [0.2, 0.25) is 0 Å². The molecular formula is C14H22FNO. The van der Waals surface area contributed by atoms with Crippen LogP contribution in [0.2, 0.25) is 0 Å². The van der Waals surface area contributed by atoms with Gasteiger partial charge in [-0.05, 0) is 25.8 Å². The fourth-order valence-electron chi connectivity index (χ4n) is 1.91. The fraction of sp³-hybridized carbons (Fsp3) is 0.571. The number of halogens is 1. The zero-order valence-corrected chi connectivity index (χ0v) is 10.9. The van der Waals surface area contributed by atoms with Gasteiger partial charge in [0.15, 0.2) is 0 Å². The summed E-state index contributed by atoms with van der Waals surface area (Å²) in [7, 11) is 1.70. The number of rotatable bonds is 7. The second kappa shape index (κ2) is 7.41. The summed E-state index contributed by atoms with van der Waals surface area (Å²) in [5.74, 6) is -0.134. The van der Waals surface area contributed by atoms with Crippen molar-refractivity contribution in [2.45, 2.75) is 38.8 Å². The van der Waals surface area contributed by atoms with Crippen LogP contribution in [0.5, 0.6) is 0 Å². The van der Waals surface area contributed by atoms with Gasteiger partial charge in [-0.15, -0.1) is 0 Å². The highest BCUT2D eigenvalue weighted by Gasteiger charge is 2.15. The van der Waals surface area contributed by atoms with Crippen LogP contribution in [0.15, 0.2) is 24.3 Å². The Bertz CT molecular complexity index is 330. The van der Waals surface area contributed by atoms with Crippen molar-refractivity contribution >= 4 is 0 Å². The number of hydrogen-bond acceptors (Lipinski definition) is 2. The molecule has 1 rings (SSSR count). The predicted octanol–water partition coefficient (Wildman–Crippen LogP) is 3.29. The topological polar surface area (TPSA) is 21.3 Å². The summed E-state index contributed by atoms with van der Waals surface area (Å²) in [6.07, 6.45) is 1.81. The lowest BCUT2D eigenvalue weighted by Crippen LogP contribution is -2.31. The second-order valence-electron chi connectivity index (χ2n) is 4.33. The summed E-state index contributed by atoms with van der Waals surface area (Å²) in [5, 5.41) is 3.44. The number of nitrogens with one attached hydrogen (secondary N) is 1. The average Bonchev–Trinajstić information content (AvgIpc) is 2.34. The Morgan fingerprint density at radius 3 is 2.65 bits per heavy atom. The van der Waals surface area contributed by atoms with E-state index in [0.29, 0.717) is 6.04 Å². The highest BCUT2D eigenvalue weighted by molar-refractivity contribution is 5.21. The molecule has 0 radical (unpaired) electrons. The third-order valence-corrected chi connectivity index (χ3v) is 2.93. The SMILES string of the molecule is CCC(NC(C)CCOC)c1ccccc1F. The Morgan fingerprint density at radius 2 is 2.06 bits per heavy atom. The van der Waals surface area contributed by atoms with Gasteiger partial charge in [-0.25, -0.2) is 4.39 Å². The van der Waals surface area contributed by atoms with Crippen molar-refractivity contribution in [2.24, 2.45) is 0 Å². The van der Waals surface area contributed by atoms with E-state index in [2.05, 4.69) is 19.2 Å². The van der Waals surface area contributed by atoms with E-state index in [-0.39, 0.29) is 11.9 Å². The van der Waals surface area contributed by atoms with E-state index in [1.165, 1.54) is 6.07 Å². The third kappa shape index (κ3) is 4.44. The number of methoxy groups -OCH3 is 1. The van der Waals surface area contributed by atoms with E-state index in [1.807, 2.05) is 12.1 Å². The maximum atomic E-state index is 13.7. The highest BCUT2D eigenvalue weighted by atomic mass is 19.1. The molecule has 3 heteroatoms. The van der Waals surface area contributed by atoms with E-state index >= 15 is 0 Å². The minimum absolute atomic E-state index is 0.0723. The summed E-state index contributed by atoms with van der Waals surface area (Å²) >= 11 is 0. The molecule has 17 heavy (non-hydrogen) atoms. The zero-order valence-electron chi connectivity index (χ0n) is 10.9. The van der Waals surface area contributed by atoms with Gasteiger partial charge in [0.25, 0.3) is 0 Å². The van der Waals surface area contributed by atoms with Crippen LogP contribution in [0.3, 0.4) is 0 Å². The molecule has 0 aliphatic carbocycles. The van der Waals surface area contributed by atoms with Gasteiger partial charge in [-0.2, -0.15) is 0 Å². The normalized spacial score (nSPS) is 14.6. The molecule has 2 unspecified atom stereocenters. The smallest absolute Gasteiger partial charge is 0.127 e. The van der Waals surface area contributed by atoms with Gasteiger partial charge in [-0.3, -0.25) is 0 Å². The van der Waals surface area contributed by atoms with Crippen molar-refractivity contribution in [3.8, 4) is 0 Å². The second-order valence-corrected chi connectivity index (χ2v) is 4.33. The number of ether oxygens (including phenoxy) is 1. The van der Waals surface area contributed by atoms with Crippen LogP contribution in [-0.2, 0) is 4.74 Å². The van der Waals surface area contributed by atoms with Crippen LogP contribution in [0.1, 0.15) is 38.3 Å². The molecule has 0 spiro atoms. The minimum Gasteiger partial charge on any atom is -0.385 e. The van der Waals surface area contributed by atoms with Crippen LogP contribution in [0.25, 0.3) is 0 Å². The lowest BCUT2D eigenvalue weighted by Gasteiger charge is -2.23. The Labute approximate surface area is 103 Å². The van der Waals surface area contributed by atoms with Crippen molar-refractivity contribution in [2.75, 3.05) is 13.7 Å².